The number of hydrogen-bond donors (Lipinski definition) is 0. The highest BCUT2D eigenvalue weighted by molar-refractivity contribution is 6.16. The molecule has 2 heterocycles. The van der Waals surface area contributed by atoms with Crippen molar-refractivity contribution < 1.29 is 8.83 Å². The second kappa shape index (κ2) is 12.6. The van der Waals surface area contributed by atoms with E-state index in [0.29, 0.717) is 0 Å². The van der Waals surface area contributed by atoms with Crippen LogP contribution in [0, 0.1) is 0 Å². The predicted molar refractivity (Wildman–Crippen MR) is 229 cm³/mol. The van der Waals surface area contributed by atoms with E-state index in [0.717, 1.165) is 77.6 Å². The van der Waals surface area contributed by atoms with E-state index >= 15 is 0 Å². The molecule has 0 saturated carbocycles. The molecule has 3 heteroatoms. The van der Waals surface area contributed by atoms with Gasteiger partial charge in [-0.2, -0.15) is 0 Å². The van der Waals surface area contributed by atoms with Crippen LogP contribution in [0.2, 0.25) is 0 Å². The van der Waals surface area contributed by atoms with E-state index in [1.165, 1.54) is 27.5 Å². The van der Waals surface area contributed by atoms with E-state index in [4.69, 9.17) is 8.83 Å². The van der Waals surface area contributed by atoms with Crippen molar-refractivity contribution in [2.24, 2.45) is 0 Å². The van der Waals surface area contributed by atoms with Gasteiger partial charge >= 0.3 is 0 Å². The van der Waals surface area contributed by atoms with Crippen molar-refractivity contribution in [2.75, 3.05) is 4.90 Å². The molecule has 11 aromatic rings. The maximum atomic E-state index is 6.41. The van der Waals surface area contributed by atoms with Gasteiger partial charge in [-0.3, -0.25) is 0 Å². The molecular weight excluding hydrogens is 671 g/mol. The van der Waals surface area contributed by atoms with E-state index in [9.17, 15) is 0 Å². The summed E-state index contributed by atoms with van der Waals surface area (Å²) in [5, 5.41) is 6.91. The van der Waals surface area contributed by atoms with E-state index in [2.05, 4.69) is 187 Å². The summed E-state index contributed by atoms with van der Waals surface area (Å²) in [6, 6.07) is 71.0. The van der Waals surface area contributed by atoms with Crippen LogP contribution in [-0.2, 0) is 0 Å². The number of hydrogen-bond acceptors (Lipinski definition) is 3. The van der Waals surface area contributed by atoms with Gasteiger partial charge in [0.2, 0.25) is 0 Å². The van der Waals surface area contributed by atoms with Crippen molar-refractivity contribution in [3.63, 3.8) is 0 Å². The molecule has 0 bridgehead atoms. The van der Waals surface area contributed by atoms with Gasteiger partial charge < -0.3 is 13.7 Å². The van der Waals surface area contributed by atoms with Gasteiger partial charge in [0.1, 0.15) is 22.3 Å². The topological polar surface area (TPSA) is 29.5 Å². The third kappa shape index (κ3) is 5.28. The van der Waals surface area contributed by atoms with Crippen LogP contribution in [0.15, 0.2) is 209 Å². The molecule has 0 saturated heterocycles. The van der Waals surface area contributed by atoms with Gasteiger partial charge in [0, 0.05) is 50.2 Å². The normalized spacial score (nSPS) is 11.6. The minimum atomic E-state index is 0.863. The number of nitrogens with zero attached hydrogens (tertiary/aromatic N) is 1. The molecule has 55 heavy (non-hydrogen) atoms. The van der Waals surface area contributed by atoms with Crippen LogP contribution in [0.25, 0.3) is 88.0 Å². The SMILES string of the molecule is c1ccc(-c2ccc(N(c3ccc(-c4ccc5oc6ccccc6c5c4-c4ccc5ccccc5c4)cc3)c3ccc4c(c3)oc3ccccc34)cc2)cc1. The van der Waals surface area contributed by atoms with Crippen LogP contribution in [0.5, 0.6) is 0 Å². The van der Waals surface area contributed by atoms with Gasteiger partial charge in [0.05, 0.1) is 0 Å². The van der Waals surface area contributed by atoms with Crippen LogP contribution in [-0.4, -0.2) is 0 Å². The fourth-order valence-corrected chi connectivity index (χ4v) is 8.23. The Morgan fingerprint density at radius 3 is 1.65 bits per heavy atom. The second-order valence-corrected chi connectivity index (χ2v) is 14.1. The van der Waals surface area contributed by atoms with Gasteiger partial charge in [0.15, 0.2) is 0 Å². The lowest BCUT2D eigenvalue weighted by molar-refractivity contribution is 0.668. The number of fused-ring (bicyclic) bond motifs is 7. The van der Waals surface area contributed by atoms with E-state index in [-0.39, 0.29) is 0 Å². The van der Waals surface area contributed by atoms with E-state index in [1.807, 2.05) is 18.2 Å². The molecule has 0 aliphatic heterocycles. The standard InChI is InChI=1S/C52H33NO2/c1-2-10-34(11-3-1)36-20-24-40(25-21-36)53(42-28-29-45-44-14-6-8-16-47(44)55-50(45)33-42)41-26-22-37(23-27-41)43-30-31-49-52(46-15-7-9-17-48(46)54-49)51(43)39-19-18-35-12-4-5-13-38(35)32-39/h1-33H. The molecule has 0 fully saturated rings. The Kier molecular flexibility index (Phi) is 7.17. The van der Waals surface area contributed by atoms with Crippen LogP contribution in [0.4, 0.5) is 17.1 Å². The Bertz CT molecular complexity index is 3190. The third-order valence-corrected chi connectivity index (χ3v) is 10.9. The summed E-state index contributed by atoms with van der Waals surface area (Å²) in [7, 11) is 0. The number of rotatable bonds is 6. The fraction of sp³-hybridized carbons (Fsp3) is 0. The average Bonchev–Trinajstić information content (AvgIpc) is 3.82. The summed E-state index contributed by atoms with van der Waals surface area (Å²) in [6.07, 6.45) is 0. The minimum absolute atomic E-state index is 0.863. The molecule has 0 aliphatic carbocycles. The molecule has 3 nitrogen and oxygen atoms in total. The highest BCUT2D eigenvalue weighted by Gasteiger charge is 2.20. The Labute approximate surface area is 317 Å². The van der Waals surface area contributed by atoms with E-state index in [1.54, 1.807) is 0 Å². The Morgan fingerprint density at radius 2 is 0.873 bits per heavy atom. The molecule has 11 rings (SSSR count). The smallest absolute Gasteiger partial charge is 0.137 e. The molecule has 0 atom stereocenters. The van der Waals surface area contributed by atoms with Crippen molar-refractivity contribution >= 4 is 71.7 Å². The first kappa shape index (κ1) is 31.2. The van der Waals surface area contributed by atoms with Crippen molar-refractivity contribution in [3.8, 4) is 33.4 Å². The van der Waals surface area contributed by atoms with Crippen LogP contribution in [0.1, 0.15) is 0 Å². The highest BCUT2D eigenvalue weighted by atomic mass is 16.3. The third-order valence-electron chi connectivity index (χ3n) is 10.9. The summed E-state index contributed by atoms with van der Waals surface area (Å²) in [6.45, 7) is 0. The van der Waals surface area contributed by atoms with Gasteiger partial charge in [-0.1, -0.05) is 133 Å². The summed E-state index contributed by atoms with van der Waals surface area (Å²) in [5.41, 5.74) is 13.7. The van der Waals surface area contributed by atoms with Crippen molar-refractivity contribution in [3.05, 3.63) is 200 Å². The predicted octanol–water partition coefficient (Wildman–Crippen LogP) is 15.1. The minimum Gasteiger partial charge on any atom is -0.456 e. The largest absolute Gasteiger partial charge is 0.456 e. The first-order chi connectivity index (χ1) is 27.2. The van der Waals surface area contributed by atoms with Gasteiger partial charge in [-0.05, 0) is 99.3 Å². The molecule has 258 valence electrons. The average molecular weight is 704 g/mol. The first-order valence-electron chi connectivity index (χ1n) is 18.7. The maximum absolute atomic E-state index is 6.41. The summed E-state index contributed by atoms with van der Waals surface area (Å²) in [4.78, 5) is 2.31. The van der Waals surface area contributed by atoms with Gasteiger partial charge in [-0.25, -0.2) is 0 Å². The number of furan rings is 2. The summed E-state index contributed by atoms with van der Waals surface area (Å²) >= 11 is 0. The lowest BCUT2D eigenvalue weighted by atomic mass is 9.89. The van der Waals surface area contributed by atoms with Gasteiger partial charge in [0.25, 0.3) is 0 Å². The lowest BCUT2D eigenvalue weighted by Crippen LogP contribution is -2.09. The zero-order valence-corrected chi connectivity index (χ0v) is 29.8. The number of para-hydroxylation sites is 2. The quantitative estimate of drug-likeness (QED) is 0.173. The van der Waals surface area contributed by atoms with Crippen LogP contribution < -0.4 is 4.90 Å². The Hall–Kier alpha value is -7.36. The van der Waals surface area contributed by atoms with Crippen molar-refractivity contribution in [1.29, 1.82) is 0 Å². The molecule has 0 N–H and O–H groups in total. The lowest BCUT2D eigenvalue weighted by Gasteiger charge is -2.26. The number of benzene rings is 9. The molecule has 0 amide bonds. The summed E-state index contributed by atoms with van der Waals surface area (Å²) in [5.74, 6) is 0. The second-order valence-electron chi connectivity index (χ2n) is 14.1. The molecular formula is C52H33NO2. The highest BCUT2D eigenvalue weighted by Crippen LogP contribution is 2.45. The Balaban J connectivity index is 1.07. The fourth-order valence-electron chi connectivity index (χ4n) is 8.23. The van der Waals surface area contributed by atoms with E-state index < -0.39 is 0 Å². The van der Waals surface area contributed by atoms with Crippen molar-refractivity contribution in [1.82, 2.24) is 0 Å². The molecule has 0 unspecified atom stereocenters. The van der Waals surface area contributed by atoms with Crippen LogP contribution >= 0.6 is 0 Å². The van der Waals surface area contributed by atoms with Gasteiger partial charge in [-0.15, -0.1) is 0 Å². The Morgan fingerprint density at radius 1 is 0.309 bits per heavy atom. The zero-order valence-electron chi connectivity index (χ0n) is 29.8. The first-order valence-corrected chi connectivity index (χ1v) is 18.7. The molecule has 2 aromatic heterocycles. The zero-order chi connectivity index (χ0) is 36.3. The monoisotopic (exact) mass is 703 g/mol. The molecule has 0 radical (unpaired) electrons. The molecule has 9 aromatic carbocycles. The molecule has 0 aliphatic rings. The van der Waals surface area contributed by atoms with Crippen LogP contribution in [0.3, 0.4) is 0 Å². The summed E-state index contributed by atoms with van der Waals surface area (Å²) < 4.78 is 12.8. The molecule has 0 spiro atoms. The number of anilines is 3. The van der Waals surface area contributed by atoms with Crippen molar-refractivity contribution in [2.45, 2.75) is 0 Å². The maximum Gasteiger partial charge on any atom is 0.137 e.